The maximum Gasteiger partial charge on any atom is 0.260 e. The molecule has 3 aromatic rings. The lowest BCUT2D eigenvalue weighted by Crippen LogP contribution is -2.08. The number of rotatable bonds is 3. The van der Waals surface area contributed by atoms with Gasteiger partial charge in [0.25, 0.3) is 5.56 Å². The number of thioether (sulfide) groups is 1. The summed E-state index contributed by atoms with van der Waals surface area (Å²) in [5.74, 6) is 0.662. The van der Waals surface area contributed by atoms with E-state index >= 15 is 0 Å². The lowest BCUT2D eigenvalue weighted by Gasteiger charge is -2.03. The van der Waals surface area contributed by atoms with Crippen molar-refractivity contribution in [1.29, 1.82) is 0 Å². The van der Waals surface area contributed by atoms with Crippen LogP contribution in [0.25, 0.3) is 10.2 Å². The van der Waals surface area contributed by atoms with Crippen molar-refractivity contribution in [3.63, 3.8) is 0 Å². The highest BCUT2D eigenvalue weighted by Gasteiger charge is 2.09. The fraction of sp³-hybridized carbons (Fsp3) is 0.143. The van der Waals surface area contributed by atoms with Gasteiger partial charge in [0, 0.05) is 5.75 Å². The molecule has 21 heavy (non-hydrogen) atoms. The van der Waals surface area contributed by atoms with E-state index in [2.05, 4.69) is 9.97 Å². The van der Waals surface area contributed by atoms with Gasteiger partial charge >= 0.3 is 0 Å². The van der Waals surface area contributed by atoms with Crippen LogP contribution in [0, 0.1) is 6.92 Å². The molecule has 0 aliphatic carbocycles. The number of hydrogen-bond acceptors (Lipinski definition) is 4. The van der Waals surface area contributed by atoms with Gasteiger partial charge in [0.15, 0.2) is 5.16 Å². The van der Waals surface area contributed by atoms with Crippen molar-refractivity contribution < 1.29 is 0 Å². The predicted octanol–water partition coefficient (Wildman–Crippen LogP) is 4.89. The largest absolute Gasteiger partial charge is 0.301 e. The minimum atomic E-state index is -0.0876. The Bertz CT molecular complexity index is 873. The first-order valence-electron chi connectivity index (χ1n) is 6.09. The Morgan fingerprint density at radius 1 is 1.33 bits per heavy atom. The first-order valence-corrected chi connectivity index (χ1v) is 8.71. The molecular formula is C14H10Cl2N2OS2. The third-order valence-electron chi connectivity index (χ3n) is 2.97. The Kier molecular flexibility index (Phi) is 4.26. The number of aryl methyl sites for hydroxylation is 1. The molecule has 108 valence electrons. The van der Waals surface area contributed by atoms with E-state index in [1.54, 1.807) is 6.07 Å². The third-order valence-corrected chi connectivity index (χ3v) is 5.64. The molecule has 3 nitrogen and oxygen atoms in total. The molecule has 7 heteroatoms. The molecule has 0 spiro atoms. The highest BCUT2D eigenvalue weighted by atomic mass is 35.5. The van der Waals surface area contributed by atoms with Gasteiger partial charge in [0.1, 0.15) is 4.83 Å². The van der Waals surface area contributed by atoms with Gasteiger partial charge in [-0.25, -0.2) is 4.98 Å². The molecule has 1 aromatic carbocycles. The summed E-state index contributed by atoms with van der Waals surface area (Å²) >= 11 is 14.8. The molecule has 0 radical (unpaired) electrons. The van der Waals surface area contributed by atoms with Crippen molar-refractivity contribution in [2.45, 2.75) is 17.8 Å². The fourth-order valence-electron chi connectivity index (χ4n) is 1.92. The normalized spacial score (nSPS) is 11.2. The third kappa shape index (κ3) is 3.11. The van der Waals surface area contributed by atoms with Gasteiger partial charge in [-0.15, -0.1) is 11.3 Å². The fourth-order valence-corrected chi connectivity index (χ4v) is 4.02. The molecule has 2 aromatic heterocycles. The Balaban J connectivity index is 1.85. The molecule has 0 saturated carbocycles. The maximum absolute atomic E-state index is 12.1. The zero-order valence-electron chi connectivity index (χ0n) is 10.9. The van der Waals surface area contributed by atoms with Crippen LogP contribution in [-0.4, -0.2) is 9.97 Å². The van der Waals surface area contributed by atoms with Gasteiger partial charge in [0.05, 0.1) is 15.4 Å². The van der Waals surface area contributed by atoms with Crippen LogP contribution in [-0.2, 0) is 5.75 Å². The number of nitrogens with zero attached hydrogens (tertiary/aromatic N) is 1. The van der Waals surface area contributed by atoms with E-state index in [9.17, 15) is 4.79 Å². The molecule has 0 bridgehead atoms. The molecule has 0 amide bonds. The molecule has 0 aliphatic heterocycles. The zero-order valence-corrected chi connectivity index (χ0v) is 14.1. The number of halogens is 2. The van der Waals surface area contributed by atoms with Crippen molar-refractivity contribution in [2.75, 3.05) is 0 Å². The van der Waals surface area contributed by atoms with Crippen LogP contribution in [0.1, 0.15) is 11.1 Å². The molecule has 0 atom stereocenters. The highest BCUT2D eigenvalue weighted by molar-refractivity contribution is 7.98. The molecule has 0 fully saturated rings. The number of aromatic amines is 1. The number of benzene rings is 1. The van der Waals surface area contributed by atoms with E-state index in [0.29, 0.717) is 26.3 Å². The van der Waals surface area contributed by atoms with Gasteiger partial charge < -0.3 is 4.98 Å². The molecule has 3 rings (SSSR count). The first kappa shape index (κ1) is 14.9. The smallest absolute Gasteiger partial charge is 0.260 e. The molecule has 1 N–H and O–H groups in total. The van der Waals surface area contributed by atoms with E-state index < -0.39 is 0 Å². The van der Waals surface area contributed by atoms with E-state index in [4.69, 9.17) is 23.2 Å². The summed E-state index contributed by atoms with van der Waals surface area (Å²) < 4.78 is 0. The molecule has 0 unspecified atom stereocenters. The second kappa shape index (κ2) is 6.01. The topological polar surface area (TPSA) is 45.8 Å². The van der Waals surface area contributed by atoms with Crippen molar-refractivity contribution in [1.82, 2.24) is 9.97 Å². The number of fused-ring (bicyclic) bond motifs is 1. The second-order valence-electron chi connectivity index (χ2n) is 4.51. The Labute approximate surface area is 139 Å². The summed E-state index contributed by atoms with van der Waals surface area (Å²) in [6, 6.07) is 5.50. The monoisotopic (exact) mass is 356 g/mol. The van der Waals surface area contributed by atoms with Gasteiger partial charge in [-0.2, -0.15) is 0 Å². The van der Waals surface area contributed by atoms with Gasteiger partial charge in [-0.1, -0.05) is 41.0 Å². The number of hydrogen-bond donors (Lipinski definition) is 1. The van der Waals surface area contributed by atoms with Crippen LogP contribution in [0.15, 0.2) is 33.5 Å². The molecular weight excluding hydrogens is 347 g/mol. The summed E-state index contributed by atoms with van der Waals surface area (Å²) in [4.78, 5) is 20.1. The molecule has 2 heterocycles. The predicted molar refractivity (Wildman–Crippen MR) is 91.0 cm³/mol. The lowest BCUT2D eigenvalue weighted by molar-refractivity contribution is 0.978. The zero-order chi connectivity index (χ0) is 15.0. The van der Waals surface area contributed by atoms with Crippen molar-refractivity contribution >= 4 is 56.5 Å². The maximum atomic E-state index is 12.1. The lowest BCUT2D eigenvalue weighted by atomic mass is 10.2. The number of thiophene rings is 1. The summed E-state index contributed by atoms with van der Waals surface area (Å²) in [6.45, 7) is 1.91. The van der Waals surface area contributed by atoms with Gasteiger partial charge in [-0.05, 0) is 35.6 Å². The van der Waals surface area contributed by atoms with Crippen molar-refractivity contribution in [3.05, 3.63) is 55.1 Å². The highest BCUT2D eigenvalue weighted by Crippen LogP contribution is 2.27. The first-order chi connectivity index (χ1) is 10.0. The minimum Gasteiger partial charge on any atom is -0.301 e. The summed E-state index contributed by atoms with van der Waals surface area (Å²) in [6.07, 6.45) is 0. The van der Waals surface area contributed by atoms with Crippen LogP contribution in [0.3, 0.4) is 0 Å². The second-order valence-corrected chi connectivity index (χ2v) is 7.14. The number of aromatic nitrogens is 2. The van der Waals surface area contributed by atoms with Crippen LogP contribution in [0.5, 0.6) is 0 Å². The van der Waals surface area contributed by atoms with Crippen LogP contribution in [0.2, 0.25) is 10.0 Å². The molecule has 0 saturated heterocycles. The van der Waals surface area contributed by atoms with E-state index in [1.807, 2.05) is 24.4 Å². The summed E-state index contributed by atoms with van der Waals surface area (Å²) in [7, 11) is 0. The Morgan fingerprint density at radius 2 is 2.14 bits per heavy atom. The van der Waals surface area contributed by atoms with Crippen LogP contribution < -0.4 is 5.56 Å². The van der Waals surface area contributed by atoms with Crippen LogP contribution in [0.4, 0.5) is 0 Å². The summed E-state index contributed by atoms with van der Waals surface area (Å²) in [5.41, 5.74) is 1.90. The standard InChI is InChI=1S/C14H10Cl2N2OS2/c1-7-5-20-13-11(7)12(19)17-14(18-13)21-6-8-2-3-9(15)10(16)4-8/h2-5H,6H2,1H3,(H,17,18,19). The van der Waals surface area contributed by atoms with Crippen molar-refractivity contribution in [2.24, 2.45) is 0 Å². The Morgan fingerprint density at radius 3 is 2.90 bits per heavy atom. The minimum absolute atomic E-state index is 0.0876. The average molecular weight is 357 g/mol. The van der Waals surface area contributed by atoms with E-state index in [-0.39, 0.29) is 5.56 Å². The Hall–Kier alpha value is -1.01. The average Bonchev–Trinajstić information content (AvgIpc) is 2.82. The number of H-pyrrole nitrogens is 1. The SMILES string of the molecule is Cc1csc2nc(SCc3ccc(Cl)c(Cl)c3)[nH]c(=O)c12. The van der Waals surface area contributed by atoms with Crippen LogP contribution >= 0.6 is 46.3 Å². The number of nitrogens with one attached hydrogen (secondary N) is 1. The molecule has 0 aliphatic rings. The van der Waals surface area contributed by atoms with E-state index in [1.165, 1.54) is 23.1 Å². The van der Waals surface area contributed by atoms with E-state index in [0.717, 1.165) is 16.0 Å². The summed E-state index contributed by atoms with van der Waals surface area (Å²) in [5, 5.41) is 4.30. The van der Waals surface area contributed by atoms with Crippen molar-refractivity contribution in [3.8, 4) is 0 Å². The quantitative estimate of drug-likeness (QED) is 0.536. The van der Waals surface area contributed by atoms with Gasteiger partial charge in [-0.3, -0.25) is 4.79 Å². The van der Waals surface area contributed by atoms with Gasteiger partial charge in [0.2, 0.25) is 0 Å².